The third kappa shape index (κ3) is 5.63. The van der Waals surface area contributed by atoms with Crippen molar-refractivity contribution in [2.45, 2.75) is 26.0 Å². The Morgan fingerprint density at radius 2 is 1.97 bits per heavy atom. The predicted octanol–water partition coefficient (Wildman–Crippen LogP) is 1.87. The van der Waals surface area contributed by atoms with Crippen molar-refractivity contribution < 1.29 is 27.8 Å². The normalized spacial score (nSPS) is 20.0. The molecule has 1 aliphatic rings. The Morgan fingerprint density at radius 3 is 2.55 bits per heavy atom. The summed E-state index contributed by atoms with van der Waals surface area (Å²) in [5.41, 5.74) is 1.84. The van der Waals surface area contributed by atoms with Gasteiger partial charge in [-0.15, -0.1) is 0 Å². The van der Waals surface area contributed by atoms with Gasteiger partial charge in [0.2, 0.25) is 15.9 Å². The second kappa shape index (κ2) is 10.1. The van der Waals surface area contributed by atoms with Gasteiger partial charge in [0.15, 0.2) is 0 Å². The summed E-state index contributed by atoms with van der Waals surface area (Å²) in [5.74, 6) is 0.359. The van der Waals surface area contributed by atoms with Gasteiger partial charge in [-0.2, -0.15) is 0 Å². The molecule has 3 atom stereocenters. The number of hydrogen-bond acceptors (Lipinski definition) is 7. The van der Waals surface area contributed by atoms with Gasteiger partial charge < -0.3 is 19.5 Å². The van der Waals surface area contributed by atoms with E-state index in [9.17, 15) is 18.3 Å². The number of aromatic nitrogens is 1. The van der Waals surface area contributed by atoms with Crippen molar-refractivity contribution in [2.75, 3.05) is 40.1 Å². The zero-order chi connectivity index (χ0) is 24.3. The number of nitrogens with zero attached hydrogens (tertiary/aromatic N) is 3. The van der Waals surface area contributed by atoms with Crippen LogP contribution < -0.4 is 9.47 Å². The number of aliphatic hydroxyl groups is 1. The molecule has 1 N–H and O–H groups in total. The molecule has 10 heteroatoms. The maximum Gasteiger partial charge on any atom is 0.259 e. The first-order valence-corrected chi connectivity index (χ1v) is 12.5. The highest BCUT2D eigenvalue weighted by molar-refractivity contribution is 7.88. The lowest BCUT2D eigenvalue weighted by Crippen LogP contribution is -2.50. The van der Waals surface area contributed by atoms with E-state index in [2.05, 4.69) is 4.98 Å². The fraction of sp³-hybridized carbons (Fsp3) is 0.478. The summed E-state index contributed by atoms with van der Waals surface area (Å²) in [4.78, 5) is 19.5. The second-order valence-electron chi connectivity index (χ2n) is 8.47. The average molecular weight is 478 g/mol. The van der Waals surface area contributed by atoms with Gasteiger partial charge in [-0.05, 0) is 30.7 Å². The summed E-state index contributed by atoms with van der Waals surface area (Å²) in [6, 6.07) is 8.68. The summed E-state index contributed by atoms with van der Waals surface area (Å²) in [6.45, 7) is 3.87. The van der Waals surface area contributed by atoms with E-state index in [1.807, 2.05) is 31.2 Å². The third-order valence-corrected chi connectivity index (χ3v) is 7.23. The molecule has 3 rings (SSSR count). The van der Waals surface area contributed by atoms with E-state index in [1.54, 1.807) is 31.2 Å². The molecule has 0 bridgehead atoms. The van der Waals surface area contributed by atoms with Crippen LogP contribution in [-0.2, 0) is 10.0 Å². The summed E-state index contributed by atoms with van der Waals surface area (Å²) < 4.78 is 36.5. The molecule has 1 amide bonds. The fourth-order valence-corrected chi connectivity index (χ4v) is 4.07. The molecule has 33 heavy (non-hydrogen) atoms. The van der Waals surface area contributed by atoms with Crippen LogP contribution in [0.1, 0.15) is 24.2 Å². The van der Waals surface area contributed by atoms with Crippen LogP contribution in [-0.4, -0.2) is 85.9 Å². The number of fused-ring (bicyclic) bond motifs is 1. The molecule has 2 heterocycles. The number of likely N-dealkylation sites (N-methyl/N-ethyl adjacent to an activating group) is 1. The number of amides is 1. The van der Waals surface area contributed by atoms with Crippen LogP contribution >= 0.6 is 0 Å². The van der Waals surface area contributed by atoms with Crippen molar-refractivity contribution in [3.05, 3.63) is 42.1 Å². The van der Waals surface area contributed by atoms with E-state index in [1.165, 1.54) is 11.4 Å². The summed E-state index contributed by atoms with van der Waals surface area (Å²) >= 11 is 0. The summed E-state index contributed by atoms with van der Waals surface area (Å²) in [6.07, 6.45) is 2.22. The molecule has 0 unspecified atom stereocenters. The van der Waals surface area contributed by atoms with E-state index in [4.69, 9.17) is 9.47 Å². The number of benzene rings is 1. The topological polar surface area (TPSA) is 109 Å². The van der Waals surface area contributed by atoms with Gasteiger partial charge in [0.05, 0.1) is 32.6 Å². The lowest BCUT2D eigenvalue weighted by atomic mass is 9.99. The molecule has 2 aromatic rings. The molecule has 180 valence electrons. The Balaban J connectivity index is 2.05. The van der Waals surface area contributed by atoms with Crippen LogP contribution in [0.5, 0.6) is 11.6 Å². The molecule has 0 radical (unpaired) electrons. The van der Waals surface area contributed by atoms with Gasteiger partial charge in [0.25, 0.3) is 5.91 Å². The highest BCUT2D eigenvalue weighted by Crippen LogP contribution is 2.31. The lowest BCUT2D eigenvalue weighted by molar-refractivity contribution is 0.0374. The average Bonchev–Trinajstić information content (AvgIpc) is 2.79. The number of aliphatic hydroxyl groups excluding tert-OH is 1. The predicted molar refractivity (Wildman–Crippen MR) is 125 cm³/mol. The van der Waals surface area contributed by atoms with Crippen molar-refractivity contribution in [3.8, 4) is 22.8 Å². The quantitative estimate of drug-likeness (QED) is 0.648. The first-order chi connectivity index (χ1) is 15.5. The molecule has 0 aliphatic carbocycles. The first-order valence-electron chi connectivity index (χ1n) is 10.7. The van der Waals surface area contributed by atoms with E-state index in [-0.39, 0.29) is 36.4 Å². The maximum atomic E-state index is 13.5. The van der Waals surface area contributed by atoms with Gasteiger partial charge in [0, 0.05) is 31.3 Å². The van der Waals surface area contributed by atoms with Crippen LogP contribution in [0, 0.1) is 5.92 Å². The van der Waals surface area contributed by atoms with E-state index in [0.717, 1.165) is 17.4 Å². The Bertz CT molecular complexity index is 1090. The highest BCUT2D eigenvalue weighted by Gasteiger charge is 2.35. The molecule has 0 saturated carbocycles. The van der Waals surface area contributed by atoms with Crippen LogP contribution in [0.15, 0.2) is 36.5 Å². The molecule has 1 aromatic carbocycles. The van der Waals surface area contributed by atoms with E-state index < -0.39 is 22.2 Å². The van der Waals surface area contributed by atoms with Crippen LogP contribution in [0.4, 0.5) is 0 Å². The number of hydrogen-bond donors (Lipinski definition) is 1. The van der Waals surface area contributed by atoms with Crippen LogP contribution in [0.3, 0.4) is 0 Å². The van der Waals surface area contributed by atoms with Gasteiger partial charge in [-0.1, -0.05) is 19.1 Å². The first kappa shape index (κ1) is 24.9. The van der Waals surface area contributed by atoms with Crippen molar-refractivity contribution in [2.24, 2.45) is 5.92 Å². The lowest BCUT2D eigenvalue weighted by Gasteiger charge is -2.37. The molecule has 9 nitrogen and oxygen atoms in total. The van der Waals surface area contributed by atoms with Crippen LogP contribution in [0.25, 0.3) is 11.1 Å². The zero-order valence-electron chi connectivity index (χ0n) is 19.6. The summed E-state index contributed by atoms with van der Waals surface area (Å²) in [7, 11) is -0.334. The monoisotopic (exact) mass is 477 g/mol. The molecule has 1 aliphatic heterocycles. The van der Waals surface area contributed by atoms with E-state index in [0.29, 0.717) is 12.3 Å². The van der Waals surface area contributed by atoms with Crippen molar-refractivity contribution >= 4 is 15.9 Å². The number of methoxy groups -OCH3 is 1. The highest BCUT2D eigenvalue weighted by atomic mass is 32.2. The number of carbonyl (C=O) groups excluding carboxylic acids is 1. The Labute approximate surface area is 195 Å². The van der Waals surface area contributed by atoms with Crippen molar-refractivity contribution in [3.63, 3.8) is 0 Å². The Hall–Kier alpha value is -2.69. The van der Waals surface area contributed by atoms with Gasteiger partial charge in [-0.25, -0.2) is 17.7 Å². The number of ether oxygens (including phenoxy) is 2. The largest absolute Gasteiger partial charge is 0.497 e. The fourth-order valence-electron chi connectivity index (χ4n) is 3.65. The number of rotatable bonds is 7. The second-order valence-corrected chi connectivity index (χ2v) is 10.6. The van der Waals surface area contributed by atoms with Crippen LogP contribution in [0.2, 0.25) is 0 Å². The number of pyridine rings is 1. The molecule has 1 aromatic heterocycles. The molecular weight excluding hydrogens is 446 g/mol. The van der Waals surface area contributed by atoms with E-state index >= 15 is 0 Å². The minimum atomic E-state index is -3.42. The summed E-state index contributed by atoms with van der Waals surface area (Å²) in [5, 5.41) is 9.76. The van der Waals surface area contributed by atoms with Gasteiger partial charge in [-0.3, -0.25) is 4.79 Å². The molecule has 0 fully saturated rings. The molecular formula is C23H31N3O6S. The standard InChI is InChI=1S/C23H31N3O6S/c1-15-12-26(16(2)14-27)23(28)20-10-18(17-6-8-19(31-4)9-7-17)11-24-22(20)32-21(15)13-25(3)33(5,29)30/h6-11,15-16,21,27H,12-14H2,1-5H3/t15-,16+,21-/m0/s1. The minimum absolute atomic E-state index is 0.108. The number of carbonyl (C=O) groups is 1. The zero-order valence-corrected chi connectivity index (χ0v) is 20.4. The Morgan fingerprint density at radius 1 is 1.30 bits per heavy atom. The van der Waals surface area contributed by atoms with Gasteiger partial charge in [0.1, 0.15) is 17.4 Å². The van der Waals surface area contributed by atoms with Crippen molar-refractivity contribution in [1.29, 1.82) is 0 Å². The third-order valence-electron chi connectivity index (χ3n) is 5.95. The maximum absolute atomic E-state index is 13.5. The minimum Gasteiger partial charge on any atom is -0.497 e. The molecule has 0 saturated heterocycles. The number of sulfonamides is 1. The SMILES string of the molecule is COc1ccc(-c2cnc3c(c2)C(=O)N([C@H](C)CO)C[C@H](C)[C@H](CN(C)S(C)(=O)=O)O3)cc1. The van der Waals surface area contributed by atoms with Gasteiger partial charge >= 0.3 is 0 Å². The molecule has 0 spiro atoms. The van der Waals surface area contributed by atoms with Crippen molar-refractivity contribution in [1.82, 2.24) is 14.2 Å². The smallest absolute Gasteiger partial charge is 0.259 e. The Kier molecular flexibility index (Phi) is 7.61.